The summed E-state index contributed by atoms with van der Waals surface area (Å²) in [6, 6.07) is 11.3. The summed E-state index contributed by atoms with van der Waals surface area (Å²) in [7, 11) is 0. The lowest BCUT2D eigenvalue weighted by atomic mass is 9.78. The molecule has 1 aromatic carbocycles. The average molecular weight is 364 g/mol. The first kappa shape index (κ1) is 21.5. The van der Waals surface area contributed by atoms with Crippen molar-refractivity contribution >= 4 is 0 Å². The van der Waals surface area contributed by atoms with Gasteiger partial charge in [-0.05, 0) is 55.1 Å². The molecule has 2 rings (SSSR count). The zero-order chi connectivity index (χ0) is 19.2. The second-order valence-electron chi connectivity index (χ2n) is 8.19. The first-order chi connectivity index (χ1) is 13.3. The van der Waals surface area contributed by atoms with Crippen LogP contribution in [0.25, 0.3) is 0 Å². The van der Waals surface area contributed by atoms with E-state index in [1.807, 2.05) is 18.2 Å². The van der Waals surface area contributed by atoms with Crippen molar-refractivity contribution in [2.24, 2.45) is 11.8 Å². The highest BCUT2D eigenvalue weighted by molar-refractivity contribution is 5.22. The van der Waals surface area contributed by atoms with E-state index in [2.05, 4.69) is 37.3 Å². The molecule has 0 N–H and O–H groups in total. The lowest BCUT2D eigenvalue weighted by Crippen LogP contribution is -2.14. The zero-order valence-electron chi connectivity index (χ0n) is 17.2. The molecule has 0 radical (unpaired) electrons. The minimum atomic E-state index is 0.924. The molecule has 0 aliphatic heterocycles. The van der Waals surface area contributed by atoms with E-state index in [-0.39, 0.29) is 0 Å². The summed E-state index contributed by atoms with van der Waals surface area (Å²) in [4.78, 5) is 0. The number of rotatable bonds is 11. The van der Waals surface area contributed by atoms with Crippen LogP contribution >= 0.6 is 0 Å². The van der Waals surface area contributed by atoms with Gasteiger partial charge >= 0.3 is 0 Å². The highest BCUT2D eigenvalue weighted by Crippen LogP contribution is 2.34. The summed E-state index contributed by atoms with van der Waals surface area (Å²) < 4.78 is 0. The SMILES string of the molecule is CCCc1ccc(CCCC[C@H]2CC[C@H](CCC=CC=CC#N)CC2)cc1. The number of nitrogens with zero attached hydrogens (tertiary/aromatic N) is 1. The Balaban J connectivity index is 1.52. The van der Waals surface area contributed by atoms with Gasteiger partial charge in [0.1, 0.15) is 0 Å². The number of benzene rings is 1. The van der Waals surface area contributed by atoms with Gasteiger partial charge in [0.15, 0.2) is 0 Å². The van der Waals surface area contributed by atoms with Crippen LogP contribution in [0.1, 0.15) is 82.3 Å². The number of allylic oxidation sites excluding steroid dienone is 4. The van der Waals surface area contributed by atoms with Crippen LogP contribution in [-0.4, -0.2) is 0 Å². The summed E-state index contributed by atoms with van der Waals surface area (Å²) >= 11 is 0. The summed E-state index contributed by atoms with van der Waals surface area (Å²) in [5.41, 5.74) is 2.99. The fourth-order valence-corrected chi connectivity index (χ4v) is 4.34. The number of aryl methyl sites for hydroxylation is 2. The van der Waals surface area contributed by atoms with Crippen LogP contribution in [0.4, 0.5) is 0 Å². The molecule has 0 saturated heterocycles. The molecule has 0 unspecified atom stereocenters. The van der Waals surface area contributed by atoms with Gasteiger partial charge in [-0.15, -0.1) is 0 Å². The Labute approximate surface area is 167 Å². The van der Waals surface area contributed by atoms with Gasteiger partial charge in [0.2, 0.25) is 0 Å². The maximum absolute atomic E-state index is 8.44. The van der Waals surface area contributed by atoms with Gasteiger partial charge in [0, 0.05) is 6.08 Å². The lowest BCUT2D eigenvalue weighted by Gasteiger charge is -2.28. The predicted molar refractivity (Wildman–Crippen MR) is 117 cm³/mol. The average Bonchev–Trinajstić information content (AvgIpc) is 2.70. The van der Waals surface area contributed by atoms with Crippen LogP contribution in [0.2, 0.25) is 0 Å². The molecule has 0 amide bonds. The number of nitriles is 1. The summed E-state index contributed by atoms with van der Waals surface area (Å²) in [6.07, 6.45) is 23.6. The van der Waals surface area contributed by atoms with Crippen molar-refractivity contribution < 1.29 is 0 Å². The molecule has 0 atom stereocenters. The lowest BCUT2D eigenvalue weighted by molar-refractivity contribution is 0.250. The van der Waals surface area contributed by atoms with Crippen LogP contribution in [0.5, 0.6) is 0 Å². The number of hydrogen-bond donors (Lipinski definition) is 0. The molecule has 1 aliphatic carbocycles. The minimum Gasteiger partial charge on any atom is -0.193 e. The fraction of sp³-hybridized carbons (Fsp3) is 0.577. The Hall–Kier alpha value is -1.81. The molecule has 146 valence electrons. The van der Waals surface area contributed by atoms with Crippen LogP contribution in [0.15, 0.2) is 48.6 Å². The van der Waals surface area contributed by atoms with Crippen LogP contribution in [-0.2, 0) is 12.8 Å². The maximum Gasteiger partial charge on any atom is 0.0912 e. The fourth-order valence-electron chi connectivity index (χ4n) is 4.34. The minimum absolute atomic E-state index is 0.924. The molecule has 1 nitrogen and oxygen atoms in total. The van der Waals surface area contributed by atoms with Gasteiger partial charge < -0.3 is 0 Å². The van der Waals surface area contributed by atoms with Gasteiger partial charge in [0.25, 0.3) is 0 Å². The normalized spacial score (nSPS) is 20.3. The Morgan fingerprint density at radius 1 is 0.889 bits per heavy atom. The molecule has 1 aliphatic rings. The van der Waals surface area contributed by atoms with Crippen molar-refractivity contribution in [1.82, 2.24) is 0 Å². The molecule has 0 spiro atoms. The summed E-state index contributed by atoms with van der Waals surface area (Å²) in [6.45, 7) is 2.25. The van der Waals surface area contributed by atoms with Crippen molar-refractivity contribution in [3.05, 3.63) is 59.7 Å². The number of unbranched alkanes of at least 4 members (excludes halogenated alkanes) is 1. The summed E-state index contributed by atoms with van der Waals surface area (Å²) in [5.74, 6) is 1.90. The monoisotopic (exact) mass is 363 g/mol. The van der Waals surface area contributed by atoms with E-state index in [1.165, 1.54) is 87.8 Å². The molecule has 1 fully saturated rings. The van der Waals surface area contributed by atoms with Gasteiger partial charge in [-0.3, -0.25) is 0 Å². The van der Waals surface area contributed by atoms with Crippen molar-refractivity contribution in [2.75, 3.05) is 0 Å². The molecule has 0 heterocycles. The highest BCUT2D eigenvalue weighted by atomic mass is 14.3. The van der Waals surface area contributed by atoms with Crippen LogP contribution in [0, 0.1) is 23.2 Å². The number of hydrogen-bond acceptors (Lipinski definition) is 1. The van der Waals surface area contributed by atoms with E-state index >= 15 is 0 Å². The molecular formula is C26H37N. The highest BCUT2D eigenvalue weighted by Gasteiger charge is 2.20. The third-order valence-electron chi connectivity index (χ3n) is 6.02. The Morgan fingerprint density at radius 3 is 2.15 bits per heavy atom. The van der Waals surface area contributed by atoms with Gasteiger partial charge in [-0.25, -0.2) is 0 Å². The third-order valence-corrected chi connectivity index (χ3v) is 6.02. The van der Waals surface area contributed by atoms with E-state index < -0.39 is 0 Å². The molecular weight excluding hydrogens is 326 g/mol. The maximum atomic E-state index is 8.44. The van der Waals surface area contributed by atoms with E-state index in [9.17, 15) is 0 Å². The standard InChI is InChI=1S/C26H37N/c1-2-10-23-14-16-25(17-15-23)12-7-8-13-26-20-18-24(19-21-26)11-6-4-3-5-9-22-27/h3-5,9,14-17,24,26H,2,6-8,10-13,18-21H2,1H3/t24-,26-. The predicted octanol–water partition coefficient (Wildman–Crippen LogP) is 7.57. The van der Waals surface area contributed by atoms with Gasteiger partial charge in [0.05, 0.1) is 6.07 Å². The first-order valence-corrected chi connectivity index (χ1v) is 11.1. The van der Waals surface area contributed by atoms with Crippen LogP contribution < -0.4 is 0 Å². The van der Waals surface area contributed by atoms with Crippen molar-refractivity contribution in [2.45, 2.75) is 84.0 Å². The molecule has 1 saturated carbocycles. The molecule has 0 aromatic heterocycles. The summed E-state index contributed by atoms with van der Waals surface area (Å²) in [5, 5.41) is 8.44. The van der Waals surface area contributed by atoms with Gasteiger partial charge in [-0.2, -0.15) is 5.26 Å². The molecule has 1 heteroatoms. The second-order valence-corrected chi connectivity index (χ2v) is 8.19. The Bertz CT molecular complexity index is 594. The third kappa shape index (κ3) is 9.09. The quantitative estimate of drug-likeness (QED) is 0.226. The first-order valence-electron chi connectivity index (χ1n) is 11.1. The Kier molecular flexibility index (Phi) is 10.6. The van der Waals surface area contributed by atoms with Crippen molar-refractivity contribution in [3.63, 3.8) is 0 Å². The van der Waals surface area contributed by atoms with Crippen molar-refractivity contribution in [1.29, 1.82) is 5.26 Å². The van der Waals surface area contributed by atoms with E-state index in [4.69, 9.17) is 5.26 Å². The Morgan fingerprint density at radius 2 is 1.52 bits per heavy atom. The zero-order valence-corrected chi connectivity index (χ0v) is 17.2. The van der Waals surface area contributed by atoms with E-state index in [0.29, 0.717) is 0 Å². The molecule has 1 aromatic rings. The largest absolute Gasteiger partial charge is 0.193 e. The van der Waals surface area contributed by atoms with Gasteiger partial charge in [-0.1, -0.05) is 94.4 Å². The smallest absolute Gasteiger partial charge is 0.0912 e. The van der Waals surface area contributed by atoms with E-state index in [1.54, 1.807) is 0 Å². The van der Waals surface area contributed by atoms with Crippen LogP contribution in [0.3, 0.4) is 0 Å². The molecule has 0 bridgehead atoms. The van der Waals surface area contributed by atoms with Crippen molar-refractivity contribution in [3.8, 4) is 6.07 Å². The molecule has 27 heavy (non-hydrogen) atoms. The topological polar surface area (TPSA) is 23.8 Å². The second kappa shape index (κ2) is 13.4. The van der Waals surface area contributed by atoms with E-state index in [0.717, 1.165) is 18.3 Å².